The van der Waals surface area contributed by atoms with Gasteiger partial charge in [-0.25, -0.2) is 0 Å². The number of nitrogens with two attached hydrogens (primary N) is 4. The minimum absolute atomic E-state index is 0. The molecule has 15 N–H and O–H groups in total. The van der Waals surface area contributed by atoms with Crippen LogP contribution < -0.4 is 80.9 Å². The molecule has 0 saturated heterocycles. The number of hydrogen-bond acceptors (Lipinski definition) is 13. The smallest absolute Gasteiger partial charge is 0.828 e. The Morgan fingerprint density at radius 3 is 0.973 bits per heavy atom. The first kappa shape index (κ1) is 60.4. The molecule has 0 saturated carbocycles. The first-order valence-electron chi connectivity index (χ1n) is 9.25. The Morgan fingerprint density at radius 1 is 0.676 bits per heavy atom. The number of carboxylic acid groups (broad SMARTS) is 5. The summed E-state index contributed by atoms with van der Waals surface area (Å²) < 4.78 is 0. The summed E-state index contributed by atoms with van der Waals surface area (Å²) in [6.45, 7) is 6.13. The van der Waals surface area contributed by atoms with Gasteiger partial charge in [0.15, 0.2) is 0 Å². The molecule has 0 bridgehead atoms. The quantitative estimate of drug-likeness (QED) is 0.104. The maximum absolute atomic E-state index is 10.1. The molecule has 0 amide bonds. The Morgan fingerprint density at radius 2 is 0.865 bits per heavy atom. The Balaban J connectivity index is -0.0000000365. The summed E-state index contributed by atoms with van der Waals surface area (Å²) in [4.78, 5) is 77.9. The molecule has 1 atom stereocenters. The molecule has 0 aliphatic heterocycles. The summed E-state index contributed by atoms with van der Waals surface area (Å²) in [6.07, 6.45) is 2.16. The average molecular weight is 571 g/mol. The molecule has 1 unspecified atom stereocenters. The van der Waals surface area contributed by atoms with Crippen LogP contribution in [-0.2, 0) is 24.0 Å². The van der Waals surface area contributed by atoms with Gasteiger partial charge in [-0.1, -0.05) is 6.42 Å². The first-order chi connectivity index (χ1) is 15.5. The fourth-order valence-corrected chi connectivity index (χ4v) is 0.632. The van der Waals surface area contributed by atoms with Crippen molar-refractivity contribution in [1.29, 1.82) is 0 Å². The Hall–Kier alpha value is -1.16. The first-order valence-corrected chi connectivity index (χ1v) is 11.0. The molecule has 0 fully saturated rings. The van der Waals surface area contributed by atoms with Gasteiger partial charge in [0.1, 0.15) is 15.1 Å². The number of aliphatic carboxylic acids is 5. The third kappa shape index (κ3) is 481. The van der Waals surface area contributed by atoms with Gasteiger partial charge in [0, 0.05) is 40.8 Å². The molecule has 21 heteroatoms. The van der Waals surface area contributed by atoms with Crippen LogP contribution in [0.5, 0.6) is 0 Å². The summed E-state index contributed by atoms with van der Waals surface area (Å²) in [7, 11) is -5.11. The van der Waals surface area contributed by atoms with Crippen LogP contribution in [0, 0.1) is 0 Å². The number of unbranched alkanes of at least 4 members (excludes halogenated alkanes) is 1. The van der Waals surface area contributed by atoms with E-state index in [-0.39, 0.29) is 48.4 Å². The average Bonchev–Trinajstić information content (AvgIpc) is 2.58. The van der Waals surface area contributed by atoms with Gasteiger partial charge >= 0.3 is 54.4 Å². The van der Waals surface area contributed by atoms with E-state index >= 15 is 0 Å². The van der Waals surface area contributed by atoms with Gasteiger partial charge in [-0.15, -0.1) is 0 Å². The van der Waals surface area contributed by atoms with Crippen molar-refractivity contribution in [3.8, 4) is 0 Å². The molecule has 0 aromatic carbocycles. The molecular formula is C16H40LiN4NaO14Si. The van der Waals surface area contributed by atoms with Gasteiger partial charge in [-0.2, -0.15) is 0 Å². The number of rotatable bonds is 6. The van der Waals surface area contributed by atoms with Crippen LogP contribution in [0.1, 0.15) is 47.0 Å². The topological polar surface area (TPSA) is 377 Å². The van der Waals surface area contributed by atoms with Gasteiger partial charge in [-0.3, -0.25) is 24.0 Å². The molecule has 0 aliphatic rings. The SMILES string of the molecule is CC(=O)O.CC(=O)O.CC(=O)O.CC(=O)O.NCCCCC(N)C(=O)O.NCCN.[Li+].[Na+].[O-][Si]([O-])(O)O. The van der Waals surface area contributed by atoms with Crippen molar-refractivity contribution >= 4 is 38.9 Å². The van der Waals surface area contributed by atoms with Crippen LogP contribution in [0.25, 0.3) is 0 Å². The third-order valence-corrected chi connectivity index (χ3v) is 1.45. The van der Waals surface area contributed by atoms with Crippen LogP contribution in [0.15, 0.2) is 0 Å². The van der Waals surface area contributed by atoms with Gasteiger partial charge in [0.2, 0.25) is 0 Å². The summed E-state index contributed by atoms with van der Waals surface area (Å²) in [5.74, 6) is -4.27. The van der Waals surface area contributed by atoms with Crippen molar-refractivity contribution in [1.82, 2.24) is 0 Å². The maximum atomic E-state index is 10.1. The Bertz CT molecular complexity index is 460. The standard InChI is InChI=1S/C6H14N2O2.C2H8N2.4C2H4O2.Li.Na.H2O4Si/c7-4-2-1-3-5(8)6(9)10;3-1-2-4;4*1-2(3)4;;;1-5(2,3)4/h5H,1-4,7-8H2,(H,9,10);1-4H2;4*1H3,(H,3,4);;;1-2H/q;;;;;;2*+1;-2. The van der Waals surface area contributed by atoms with Gasteiger partial charge < -0.3 is 67.6 Å². The molecule has 214 valence electrons. The van der Waals surface area contributed by atoms with E-state index in [4.69, 9.17) is 86.8 Å². The van der Waals surface area contributed by atoms with Crippen molar-refractivity contribution < 1.29 is 117 Å². The van der Waals surface area contributed by atoms with E-state index in [1.807, 2.05) is 0 Å². The van der Waals surface area contributed by atoms with E-state index in [1.54, 1.807) is 0 Å². The zero-order chi connectivity index (χ0) is 30.2. The predicted octanol–water partition coefficient (Wildman–Crippen LogP) is -11.1. The summed E-state index contributed by atoms with van der Waals surface area (Å²) in [5, 5.41) is 38.0. The Labute approximate surface area is 250 Å². The van der Waals surface area contributed by atoms with Gasteiger partial charge in [0.25, 0.3) is 23.9 Å². The van der Waals surface area contributed by atoms with E-state index in [2.05, 4.69) is 0 Å². The predicted molar refractivity (Wildman–Crippen MR) is 120 cm³/mol. The number of carbonyl (C=O) groups is 5. The molecule has 0 heterocycles. The molecule has 0 rings (SSSR count). The van der Waals surface area contributed by atoms with E-state index in [0.717, 1.165) is 40.5 Å². The molecule has 0 aliphatic carbocycles. The van der Waals surface area contributed by atoms with Crippen molar-refractivity contribution in [2.45, 2.75) is 53.0 Å². The van der Waals surface area contributed by atoms with Crippen molar-refractivity contribution in [2.24, 2.45) is 22.9 Å². The molecule has 0 aromatic heterocycles. The van der Waals surface area contributed by atoms with E-state index in [1.165, 1.54) is 0 Å². The van der Waals surface area contributed by atoms with Gasteiger partial charge in [0.05, 0.1) is 0 Å². The molecule has 0 aromatic rings. The van der Waals surface area contributed by atoms with Crippen LogP contribution in [0.3, 0.4) is 0 Å². The summed E-state index contributed by atoms with van der Waals surface area (Å²) in [6, 6.07) is -0.716. The molecule has 37 heavy (non-hydrogen) atoms. The summed E-state index contributed by atoms with van der Waals surface area (Å²) in [5.41, 5.74) is 20.2. The van der Waals surface area contributed by atoms with Gasteiger partial charge in [-0.05, 0) is 19.4 Å². The second kappa shape index (κ2) is 48.0. The molecule has 0 spiro atoms. The van der Waals surface area contributed by atoms with Crippen molar-refractivity contribution in [3.63, 3.8) is 0 Å². The fraction of sp³-hybridized carbons (Fsp3) is 0.688. The van der Waals surface area contributed by atoms with Crippen LogP contribution in [-0.4, -0.2) is 99.7 Å². The number of carboxylic acids is 5. The van der Waals surface area contributed by atoms with Crippen LogP contribution in [0.4, 0.5) is 0 Å². The molecule has 18 nitrogen and oxygen atoms in total. The second-order valence-corrected chi connectivity index (χ2v) is 6.53. The van der Waals surface area contributed by atoms with E-state index in [0.29, 0.717) is 26.1 Å². The monoisotopic (exact) mass is 570 g/mol. The zero-order valence-electron chi connectivity index (χ0n) is 22.1. The van der Waals surface area contributed by atoms with E-state index in [9.17, 15) is 4.79 Å². The maximum Gasteiger partial charge on any atom is 1.00 e. The van der Waals surface area contributed by atoms with Crippen molar-refractivity contribution in [3.05, 3.63) is 0 Å². The van der Waals surface area contributed by atoms with Crippen molar-refractivity contribution in [2.75, 3.05) is 19.6 Å². The third-order valence-electron chi connectivity index (χ3n) is 1.45. The Kier molecular flexibility index (Phi) is 78.3. The normalized spacial score (nSPS) is 8.65. The summed E-state index contributed by atoms with van der Waals surface area (Å²) >= 11 is 0. The fourth-order valence-electron chi connectivity index (χ4n) is 0.632. The molecular weight excluding hydrogens is 530 g/mol. The van der Waals surface area contributed by atoms with Crippen LogP contribution in [0.2, 0.25) is 0 Å². The van der Waals surface area contributed by atoms with E-state index < -0.39 is 44.9 Å². The zero-order valence-corrected chi connectivity index (χ0v) is 25.1. The van der Waals surface area contributed by atoms with Crippen LogP contribution >= 0.6 is 0 Å². The largest absolute Gasteiger partial charge is 1.00 e. The second-order valence-electron chi connectivity index (χ2n) is 5.43. The molecule has 0 radical (unpaired) electrons. The minimum atomic E-state index is -5.11. The minimum Gasteiger partial charge on any atom is -0.828 e. The number of hydrogen-bond donors (Lipinski definition) is 11.